The maximum Gasteiger partial charge on any atom is 0.252 e. The lowest BCUT2D eigenvalue weighted by atomic mass is 9.33. The van der Waals surface area contributed by atoms with E-state index in [1.54, 1.807) is 0 Å². The van der Waals surface area contributed by atoms with Crippen molar-refractivity contribution < 1.29 is 0 Å². The highest BCUT2D eigenvalue weighted by Gasteiger charge is 2.44. The standard InChI is InChI=1S/C74H47BN4/c76-48-50-24-28-56(29-25-50)60-36-42-69-67(44-60)75-68-45-61(57-30-26-51(49-77)27-31-57)37-43-70(68)79(64-40-34-55(35-41-64)53-16-7-2-8-17-53)72-47-62(46-71(74(72)75)78(69)63-38-32-54(33-39-63)52-14-5-1-6-15-52)73-65(58-18-9-3-10-19-58)22-13-23-66(73)59-20-11-4-12-21-59/h1-47H. The van der Waals surface area contributed by atoms with Gasteiger partial charge >= 0.3 is 0 Å². The lowest BCUT2D eigenvalue weighted by molar-refractivity contribution is 1.25. The Morgan fingerprint density at radius 3 is 0.975 bits per heavy atom. The molecule has 0 aromatic heterocycles. The Morgan fingerprint density at radius 2 is 0.595 bits per heavy atom. The maximum atomic E-state index is 9.83. The zero-order valence-electron chi connectivity index (χ0n) is 43.0. The second kappa shape index (κ2) is 19.8. The van der Waals surface area contributed by atoms with Crippen molar-refractivity contribution in [1.82, 2.24) is 0 Å². The van der Waals surface area contributed by atoms with E-state index < -0.39 is 0 Å². The first-order valence-electron chi connectivity index (χ1n) is 26.7. The summed E-state index contributed by atoms with van der Waals surface area (Å²) in [6, 6.07) is 107. The van der Waals surface area contributed by atoms with E-state index in [1.807, 2.05) is 24.3 Å². The number of nitriles is 2. The van der Waals surface area contributed by atoms with Gasteiger partial charge in [0.2, 0.25) is 0 Å². The molecule has 366 valence electrons. The number of nitrogens with zero attached hydrogens (tertiary/aromatic N) is 4. The van der Waals surface area contributed by atoms with Crippen LogP contribution in [0, 0.1) is 22.7 Å². The van der Waals surface area contributed by atoms with Crippen LogP contribution in [0.25, 0.3) is 77.9 Å². The number of hydrogen-bond donors (Lipinski definition) is 0. The van der Waals surface area contributed by atoms with Crippen LogP contribution >= 0.6 is 0 Å². The normalized spacial score (nSPS) is 11.9. The Morgan fingerprint density at radius 1 is 0.266 bits per heavy atom. The van der Waals surface area contributed by atoms with Crippen LogP contribution in [0.1, 0.15) is 11.1 Å². The molecule has 0 radical (unpaired) electrons. The van der Waals surface area contributed by atoms with Gasteiger partial charge in [-0.15, -0.1) is 0 Å². The van der Waals surface area contributed by atoms with Crippen LogP contribution in [0.4, 0.5) is 34.1 Å². The van der Waals surface area contributed by atoms with Gasteiger partial charge < -0.3 is 9.80 Å². The molecular formula is C74H47BN4. The summed E-state index contributed by atoms with van der Waals surface area (Å²) in [5, 5.41) is 19.7. The van der Waals surface area contributed by atoms with Gasteiger partial charge in [0.15, 0.2) is 0 Å². The summed E-state index contributed by atoms with van der Waals surface area (Å²) in [5.41, 5.74) is 26.8. The lowest BCUT2D eigenvalue weighted by Crippen LogP contribution is -2.61. The molecule has 2 heterocycles. The fourth-order valence-corrected chi connectivity index (χ4v) is 12.0. The molecule has 12 aromatic rings. The van der Waals surface area contributed by atoms with Crippen LogP contribution in [0.2, 0.25) is 0 Å². The fraction of sp³-hybridized carbons (Fsp3) is 0. The topological polar surface area (TPSA) is 54.1 Å². The van der Waals surface area contributed by atoms with Gasteiger partial charge in [-0.1, -0.05) is 212 Å². The minimum atomic E-state index is -0.224. The monoisotopic (exact) mass is 1000 g/mol. The fourth-order valence-electron chi connectivity index (χ4n) is 12.0. The Bertz CT molecular complexity index is 4060. The van der Waals surface area contributed by atoms with Crippen LogP contribution in [0.15, 0.2) is 285 Å². The smallest absolute Gasteiger partial charge is 0.252 e. The minimum absolute atomic E-state index is 0.224. The quantitative estimate of drug-likeness (QED) is 0.135. The molecule has 79 heavy (non-hydrogen) atoms. The summed E-state index contributed by atoms with van der Waals surface area (Å²) in [5.74, 6) is 0. The Balaban J connectivity index is 1.10. The van der Waals surface area contributed by atoms with Crippen molar-refractivity contribution in [1.29, 1.82) is 10.5 Å². The van der Waals surface area contributed by atoms with Gasteiger partial charge in [0, 0.05) is 34.1 Å². The van der Waals surface area contributed by atoms with Gasteiger partial charge in [-0.05, 0) is 167 Å². The molecule has 5 heteroatoms. The first-order valence-corrected chi connectivity index (χ1v) is 26.7. The van der Waals surface area contributed by atoms with E-state index in [4.69, 9.17) is 0 Å². The van der Waals surface area contributed by atoms with Crippen LogP contribution in [-0.4, -0.2) is 6.71 Å². The van der Waals surface area contributed by atoms with Crippen molar-refractivity contribution >= 4 is 57.2 Å². The van der Waals surface area contributed by atoms with E-state index in [0.717, 1.165) is 112 Å². The molecule has 0 saturated carbocycles. The second-order valence-electron chi connectivity index (χ2n) is 20.2. The van der Waals surface area contributed by atoms with Gasteiger partial charge in [0.05, 0.1) is 23.3 Å². The van der Waals surface area contributed by atoms with E-state index in [-0.39, 0.29) is 6.71 Å². The molecule has 0 amide bonds. The average Bonchev–Trinajstić information content (AvgIpc) is 3.65. The molecule has 14 rings (SSSR count). The summed E-state index contributed by atoms with van der Waals surface area (Å²) < 4.78 is 0. The van der Waals surface area contributed by atoms with Crippen molar-refractivity contribution in [3.05, 3.63) is 296 Å². The maximum absolute atomic E-state index is 9.83. The van der Waals surface area contributed by atoms with Gasteiger partial charge in [0.1, 0.15) is 0 Å². The van der Waals surface area contributed by atoms with E-state index in [2.05, 4.69) is 283 Å². The third-order valence-electron chi connectivity index (χ3n) is 15.7. The highest BCUT2D eigenvalue weighted by Crippen LogP contribution is 2.50. The Labute approximate surface area is 461 Å². The molecule has 0 spiro atoms. The molecule has 0 saturated heterocycles. The molecule has 2 aliphatic rings. The van der Waals surface area contributed by atoms with Crippen molar-refractivity contribution in [2.24, 2.45) is 0 Å². The first-order chi connectivity index (χ1) is 39.1. The van der Waals surface area contributed by atoms with Crippen molar-refractivity contribution in [2.75, 3.05) is 9.80 Å². The zero-order chi connectivity index (χ0) is 52.8. The molecule has 0 bridgehead atoms. The molecular weight excluding hydrogens is 956 g/mol. The number of fused-ring (bicyclic) bond motifs is 4. The van der Waals surface area contributed by atoms with Crippen LogP contribution < -0.4 is 26.2 Å². The zero-order valence-corrected chi connectivity index (χ0v) is 43.0. The van der Waals surface area contributed by atoms with E-state index in [1.165, 1.54) is 16.4 Å². The summed E-state index contributed by atoms with van der Waals surface area (Å²) >= 11 is 0. The highest BCUT2D eigenvalue weighted by molar-refractivity contribution is 7.00. The highest BCUT2D eigenvalue weighted by atomic mass is 15.2. The van der Waals surface area contributed by atoms with Crippen molar-refractivity contribution in [2.45, 2.75) is 0 Å². The molecule has 12 aromatic carbocycles. The molecule has 0 unspecified atom stereocenters. The molecule has 0 fully saturated rings. The lowest BCUT2D eigenvalue weighted by Gasteiger charge is -2.45. The van der Waals surface area contributed by atoms with E-state index >= 15 is 0 Å². The summed E-state index contributed by atoms with van der Waals surface area (Å²) in [4.78, 5) is 4.98. The number of hydrogen-bond acceptors (Lipinski definition) is 4. The third-order valence-corrected chi connectivity index (χ3v) is 15.7. The summed E-state index contributed by atoms with van der Waals surface area (Å²) in [7, 11) is 0. The molecule has 2 aliphatic heterocycles. The van der Waals surface area contributed by atoms with Crippen LogP contribution in [0.5, 0.6) is 0 Å². The molecule has 0 aliphatic carbocycles. The SMILES string of the molecule is N#Cc1ccc(-c2ccc3c(c2)B2c4cc(-c5ccc(C#N)cc5)ccc4N(c4ccc(-c5ccccc5)cc4)c4cc(-c5c(-c6ccccc6)cccc5-c5ccccc5)cc(c42)N3c2ccc(-c3ccccc3)cc2)cc1. The van der Waals surface area contributed by atoms with Crippen LogP contribution in [0.3, 0.4) is 0 Å². The predicted octanol–water partition coefficient (Wildman–Crippen LogP) is 17.2. The second-order valence-corrected chi connectivity index (χ2v) is 20.2. The molecule has 0 atom stereocenters. The predicted molar refractivity (Wildman–Crippen MR) is 328 cm³/mol. The van der Waals surface area contributed by atoms with E-state index in [0.29, 0.717) is 11.1 Å². The van der Waals surface area contributed by atoms with Crippen LogP contribution in [-0.2, 0) is 0 Å². The minimum Gasteiger partial charge on any atom is -0.311 e. The van der Waals surface area contributed by atoms with Gasteiger partial charge in [-0.2, -0.15) is 10.5 Å². The van der Waals surface area contributed by atoms with Gasteiger partial charge in [-0.25, -0.2) is 0 Å². The molecule has 0 N–H and O–H groups in total. The van der Waals surface area contributed by atoms with Crippen molar-refractivity contribution in [3.8, 4) is 90.0 Å². The third kappa shape index (κ3) is 8.35. The number of benzene rings is 12. The van der Waals surface area contributed by atoms with Gasteiger partial charge in [0.25, 0.3) is 6.71 Å². The Hall–Kier alpha value is -10.7. The Kier molecular flexibility index (Phi) is 11.7. The number of rotatable bonds is 9. The summed E-state index contributed by atoms with van der Waals surface area (Å²) in [6.45, 7) is -0.224. The first kappa shape index (κ1) is 46.8. The van der Waals surface area contributed by atoms with Crippen molar-refractivity contribution in [3.63, 3.8) is 0 Å². The average molecular weight is 1000 g/mol. The molecule has 4 nitrogen and oxygen atoms in total. The number of anilines is 6. The van der Waals surface area contributed by atoms with Gasteiger partial charge in [-0.3, -0.25) is 0 Å². The summed E-state index contributed by atoms with van der Waals surface area (Å²) in [6.07, 6.45) is 0. The largest absolute Gasteiger partial charge is 0.311 e. The van der Waals surface area contributed by atoms with E-state index in [9.17, 15) is 10.5 Å².